The quantitative estimate of drug-likeness (QED) is 0.290. The molecule has 0 bridgehead atoms. The van der Waals surface area contributed by atoms with Crippen molar-refractivity contribution >= 4 is 27.9 Å². The zero-order chi connectivity index (χ0) is 29.7. The summed E-state index contributed by atoms with van der Waals surface area (Å²) in [7, 11) is -3.79. The Morgan fingerprint density at radius 3 is 2.32 bits per heavy atom. The van der Waals surface area contributed by atoms with Crippen LogP contribution in [-0.2, 0) is 35.7 Å². The predicted octanol–water partition coefficient (Wildman–Crippen LogP) is 4.83. The highest BCUT2D eigenvalue weighted by atomic mass is 32.2. The number of rotatable bonds is 15. The molecule has 2 N–H and O–H groups in total. The first-order valence-electron chi connectivity index (χ1n) is 14.3. The lowest BCUT2D eigenvalue weighted by Gasteiger charge is -2.30. The molecule has 0 spiro atoms. The van der Waals surface area contributed by atoms with Gasteiger partial charge in [-0.1, -0.05) is 86.7 Å². The first-order chi connectivity index (χ1) is 19.7. The lowest BCUT2D eigenvalue weighted by atomic mass is 9.82. The number of allylic oxidation sites excluding steroid dienone is 1. The fourth-order valence-electron chi connectivity index (χ4n) is 4.65. The lowest BCUT2D eigenvalue weighted by molar-refractivity contribution is -0.203. The van der Waals surface area contributed by atoms with Gasteiger partial charge in [0.2, 0.25) is 21.8 Å². The van der Waals surface area contributed by atoms with Crippen LogP contribution in [0.25, 0.3) is 6.08 Å². The minimum absolute atomic E-state index is 0.0238. The summed E-state index contributed by atoms with van der Waals surface area (Å²) in [6.07, 6.45) is 6.39. The second-order valence-electron chi connectivity index (χ2n) is 10.6. The van der Waals surface area contributed by atoms with Gasteiger partial charge in [0.25, 0.3) is 0 Å². The molecule has 3 atom stereocenters. The van der Waals surface area contributed by atoms with E-state index in [1.807, 2.05) is 74.5 Å². The van der Waals surface area contributed by atoms with E-state index in [-0.39, 0.29) is 24.6 Å². The van der Waals surface area contributed by atoms with E-state index in [2.05, 4.69) is 10.9 Å². The van der Waals surface area contributed by atoms with Crippen molar-refractivity contribution in [3.63, 3.8) is 0 Å². The Morgan fingerprint density at radius 1 is 1.02 bits per heavy atom. The molecule has 224 valence electrons. The summed E-state index contributed by atoms with van der Waals surface area (Å²) in [6, 6.07) is 18.7. The average molecular weight is 586 g/mol. The summed E-state index contributed by atoms with van der Waals surface area (Å²) in [5, 5.41) is 0. The molecule has 0 saturated carbocycles. The Labute approximate surface area is 244 Å². The third-order valence-corrected chi connectivity index (χ3v) is 8.54. The minimum Gasteiger partial charge on any atom is -0.350 e. The molecule has 9 nitrogen and oxygen atoms in total. The summed E-state index contributed by atoms with van der Waals surface area (Å²) >= 11 is 0. The van der Waals surface area contributed by atoms with E-state index < -0.39 is 40.0 Å². The summed E-state index contributed by atoms with van der Waals surface area (Å²) < 4.78 is 32.5. The molecule has 2 amide bonds. The normalized spacial score (nSPS) is 17.4. The molecule has 2 aromatic rings. The van der Waals surface area contributed by atoms with Gasteiger partial charge >= 0.3 is 0 Å². The van der Waals surface area contributed by atoms with Gasteiger partial charge in [0, 0.05) is 13.0 Å². The number of sulfonamides is 1. The molecule has 41 heavy (non-hydrogen) atoms. The van der Waals surface area contributed by atoms with Crippen molar-refractivity contribution in [1.82, 2.24) is 15.3 Å². The van der Waals surface area contributed by atoms with Crippen LogP contribution < -0.4 is 10.9 Å². The van der Waals surface area contributed by atoms with Crippen molar-refractivity contribution in [2.24, 2.45) is 17.8 Å². The number of benzene rings is 2. The summed E-state index contributed by atoms with van der Waals surface area (Å²) in [6.45, 7) is 5.99. The summed E-state index contributed by atoms with van der Waals surface area (Å²) in [5.41, 5.74) is 6.87. The van der Waals surface area contributed by atoms with Crippen LogP contribution >= 0.6 is 0 Å². The van der Waals surface area contributed by atoms with E-state index in [1.54, 1.807) is 12.1 Å². The molecule has 1 unspecified atom stereocenters. The molecule has 1 fully saturated rings. The number of nitrogens with zero attached hydrogens (tertiary/aromatic N) is 1. The van der Waals surface area contributed by atoms with Gasteiger partial charge in [-0.3, -0.25) is 15.0 Å². The average Bonchev–Trinajstić information content (AvgIpc) is 2.98. The second kappa shape index (κ2) is 16.4. The molecule has 1 heterocycles. The number of hydrogen-bond acceptors (Lipinski definition) is 6. The highest BCUT2D eigenvalue weighted by Gasteiger charge is 2.36. The third kappa shape index (κ3) is 10.7. The maximum atomic E-state index is 13.8. The highest BCUT2D eigenvalue weighted by molar-refractivity contribution is 7.89. The Hall–Kier alpha value is -3.05. The van der Waals surface area contributed by atoms with Crippen LogP contribution in [0.3, 0.4) is 0 Å². The number of ether oxygens (including phenoxy) is 1. The Balaban J connectivity index is 1.85. The van der Waals surface area contributed by atoms with Crippen molar-refractivity contribution < 1.29 is 27.6 Å². The lowest BCUT2D eigenvalue weighted by Crippen LogP contribution is -2.51. The molecule has 0 radical (unpaired) electrons. The molecule has 10 heteroatoms. The SMILES string of the molecule is CCS(=O)(=O)N(Cc1ccccc1)NC(=O)[C@H](CC(C)C)[C@H](C/C=C/c1ccccc1)C(=O)NOC1CCCCO1. The highest BCUT2D eigenvalue weighted by Crippen LogP contribution is 2.26. The van der Waals surface area contributed by atoms with Crippen molar-refractivity contribution in [1.29, 1.82) is 0 Å². The molecule has 2 aromatic carbocycles. The monoisotopic (exact) mass is 585 g/mol. The predicted molar refractivity (Wildman–Crippen MR) is 159 cm³/mol. The maximum absolute atomic E-state index is 13.8. The number of hydrazine groups is 1. The van der Waals surface area contributed by atoms with Gasteiger partial charge in [0.1, 0.15) is 0 Å². The fourth-order valence-corrected chi connectivity index (χ4v) is 5.54. The summed E-state index contributed by atoms with van der Waals surface area (Å²) in [4.78, 5) is 33.0. The standard InChI is InChI=1S/C31H43N3O6S/c1-4-41(37,38)34(23-26-16-9-6-10-17-26)32-30(35)28(22-24(2)3)27(19-13-18-25-14-7-5-8-15-25)31(36)33-40-29-20-11-12-21-39-29/h5-10,13-18,24,27-29H,4,11-12,19-23H2,1-3H3,(H,32,35)(H,33,36)/b18-13+/t27-,28+,29?/m0/s1. The van der Waals surface area contributed by atoms with E-state index in [1.165, 1.54) is 6.92 Å². The molecular weight excluding hydrogens is 542 g/mol. The Morgan fingerprint density at radius 2 is 1.71 bits per heavy atom. The summed E-state index contributed by atoms with van der Waals surface area (Å²) in [5.74, 6) is -2.75. The van der Waals surface area contributed by atoms with Crippen LogP contribution in [0, 0.1) is 17.8 Å². The van der Waals surface area contributed by atoms with E-state index in [9.17, 15) is 18.0 Å². The molecule has 1 saturated heterocycles. The number of hydrogen-bond donors (Lipinski definition) is 2. The van der Waals surface area contributed by atoms with Gasteiger partial charge in [0.05, 0.1) is 24.1 Å². The molecule has 3 rings (SSSR count). The van der Waals surface area contributed by atoms with Crippen molar-refractivity contribution in [3.05, 3.63) is 77.9 Å². The van der Waals surface area contributed by atoms with E-state index >= 15 is 0 Å². The minimum atomic E-state index is -3.79. The van der Waals surface area contributed by atoms with Gasteiger partial charge in [-0.05, 0) is 49.7 Å². The zero-order valence-corrected chi connectivity index (χ0v) is 25.0. The van der Waals surface area contributed by atoms with Crippen LogP contribution in [0.1, 0.15) is 64.0 Å². The molecule has 1 aliphatic heterocycles. The fraction of sp³-hybridized carbons (Fsp3) is 0.484. The van der Waals surface area contributed by atoms with Crippen molar-refractivity contribution in [3.8, 4) is 0 Å². The molecular formula is C31H43N3O6S. The molecule has 0 aliphatic carbocycles. The van der Waals surface area contributed by atoms with Crippen LogP contribution in [0.2, 0.25) is 0 Å². The van der Waals surface area contributed by atoms with E-state index in [0.717, 1.165) is 28.4 Å². The van der Waals surface area contributed by atoms with Crippen LogP contribution in [0.15, 0.2) is 66.7 Å². The van der Waals surface area contributed by atoms with Crippen molar-refractivity contribution in [2.75, 3.05) is 12.4 Å². The number of carbonyl (C=O) groups excluding carboxylic acids is 2. The van der Waals surface area contributed by atoms with E-state index in [0.29, 0.717) is 19.4 Å². The number of hydroxylamine groups is 1. The molecule has 1 aliphatic rings. The van der Waals surface area contributed by atoms with E-state index in [4.69, 9.17) is 9.57 Å². The van der Waals surface area contributed by atoms with Gasteiger partial charge in [0.15, 0.2) is 6.29 Å². The maximum Gasteiger partial charge on any atom is 0.247 e. The number of nitrogens with one attached hydrogen (secondary N) is 2. The zero-order valence-electron chi connectivity index (χ0n) is 24.2. The first-order valence-corrected chi connectivity index (χ1v) is 15.9. The first kappa shape index (κ1) is 32.5. The van der Waals surface area contributed by atoms with Gasteiger partial charge in [-0.2, -0.15) is 0 Å². The Kier molecular flexibility index (Phi) is 13.0. The van der Waals surface area contributed by atoms with Gasteiger partial charge in [-0.15, -0.1) is 4.41 Å². The number of amides is 2. The van der Waals surface area contributed by atoms with Crippen LogP contribution in [-0.4, -0.2) is 43.3 Å². The largest absolute Gasteiger partial charge is 0.350 e. The van der Waals surface area contributed by atoms with Crippen LogP contribution in [0.4, 0.5) is 0 Å². The van der Waals surface area contributed by atoms with Crippen molar-refractivity contribution in [2.45, 2.75) is 65.7 Å². The van der Waals surface area contributed by atoms with Crippen LogP contribution in [0.5, 0.6) is 0 Å². The Bertz CT molecular complexity index is 1210. The smallest absolute Gasteiger partial charge is 0.247 e. The third-order valence-electron chi connectivity index (χ3n) is 6.92. The van der Waals surface area contributed by atoms with Gasteiger partial charge < -0.3 is 4.74 Å². The molecule has 0 aromatic heterocycles. The second-order valence-corrected chi connectivity index (χ2v) is 12.8. The topological polar surface area (TPSA) is 114 Å². The number of carbonyl (C=O) groups is 2. The van der Waals surface area contributed by atoms with Gasteiger partial charge in [-0.25, -0.2) is 18.7 Å².